The van der Waals surface area contributed by atoms with Gasteiger partial charge in [0.2, 0.25) is 0 Å². The Morgan fingerprint density at radius 1 is 1.67 bits per heavy atom. The molecule has 0 bridgehead atoms. The highest BCUT2D eigenvalue weighted by atomic mass is 16.5. The third-order valence-corrected chi connectivity index (χ3v) is 2.62. The molecule has 15 heavy (non-hydrogen) atoms. The zero-order valence-corrected chi connectivity index (χ0v) is 9.31. The maximum absolute atomic E-state index is 5.77. The van der Waals surface area contributed by atoms with Gasteiger partial charge < -0.3 is 10.5 Å². The first-order valence-corrected chi connectivity index (χ1v) is 5.54. The van der Waals surface area contributed by atoms with Gasteiger partial charge >= 0.3 is 0 Å². The molecule has 5 nitrogen and oxygen atoms in total. The van der Waals surface area contributed by atoms with E-state index in [4.69, 9.17) is 10.5 Å². The number of nitrogens with two attached hydrogens (primary N) is 1. The third kappa shape index (κ3) is 2.03. The van der Waals surface area contributed by atoms with Crippen LogP contribution in [-0.4, -0.2) is 21.4 Å². The molecule has 1 aliphatic rings. The van der Waals surface area contributed by atoms with E-state index in [1.807, 2.05) is 18.5 Å². The highest BCUT2D eigenvalue weighted by Crippen LogP contribution is 2.27. The van der Waals surface area contributed by atoms with Crippen LogP contribution in [0.15, 0.2) is 0 Å². The van der Waals surface area contributed by atoms with Crippen molar-refractivity contribution < 1.29 is 4.74 Å². The maximum Gasteiger partial charge on any atom is 0.167 e. The molecule has 0 fully saturated rings. The number of ether oxygens (including phenoxy) is 1. The lowest BCUT2D eigenvalue weighted by Gasteiger charge is -2.21. The van der Waals surface area contributed by atoms with E-state index in [1.165, 1.54) is 0 Å². The molecule has 84 valence electrons. The van der Waals surface area contributed by atoms with Gasteiger partial charge in [0.25, 0.3) is 0 Å². The first-order chi connectivity index (χ1) is 7.22. The lowest BCUT2D eigenvalue weighted by Crippen LogP contribution is -2.19. The molecular weight excluding hydrogens is 192 g/mol. The van der Waals surface area contributed by atoms with Crippen molar-refractivity contribution in [2.75, 3.05) is 6.61 Å². The quantitative estimate of drug-likeness (QED) is 0.813. The molecule has 2 heterocycles. The van der Waals surface area contributed by atoms with Crippen molar-refractivity contribution in [3.63, 3.8) is 0 Å². The van der Waals surface area contributed by atoms with Crippen molar-refractivity contribution in [1.82, 2.24) is 14.8 Å². The largest absolute Gasteiger partial charge is 0.371 e. The summed E-state index contributed by atoms with van der Waals surface area (Å²) in [5, 5.41) is 4.38. The van der Waals surface area contributed by atoms with Crippen LogP contribution in [0.5, 0.6) is 0 Å². The molecule has 1 aliphatic heterocycles. The van der Waals surface area contributed by atoms with E-state index >= 15 is 0 Å². The van der Waals surface area contributed by atoms with Crippen LogP contribution in [0.2, 0.25) is 0 Å². The summed E-state index contributed by atoms with van der Waals surface area (Å²) < 4.78 is 7.57. The van der Waals surface area contributed by atoms with E-state index < -0.39 is 0 Å². The zero-order valence-electron chi connectivity index (χ0n) is 9.31. The number of aryl methyl sites for hydroxylation is 1. The number of hydrogen-bond acceptors (Lipinski definition) is 4. The Kier molecular flexibility index (Phi) is 3.02. The van der Waals surface area contributed by atoms with Gasteiger partial charge in [-0.05, 0) is 26.7 Å². The van der Waals surface area contributed by atoms with Crippen LogP contribution in [0, 0.1) is 0 Å². The fourth-order valence-electron chi connectivity index (χ4n) is 1.88. The van der Waals surface area contributed by atoms with Crippen LogP contribution in [0.25, 0.3) is 0 Å². The van der Waals surface area contributed by atoms with Crippen LogP contribution in [0.1, 0.15) is 50.5 Å². The Bertz CT molecular complexity index is 334. The minimum atomic E-state index is -0.106. The van der Waals surface area contributed by atoms with Crippen molar-refractivity contribution >= 4 is 0 Å². The first-order valence-electron chi connectivity index (χ1n) is 5.54. The summed E-state index contributed by atoms with van der Waals surface area (Å²) in [5.74, 6) is 1.66. The van der Waals surface area contributed by atoms with Crippen molar-refractivity contribution in [3.8, 4) is 0 Å². The molecule has 5 heteroatoms. The van der Waals surface area contributed by atoms with E-state index in [2.05, 4.69) is 10.1 Å². The van der Waals surface area contributed by atoms with E-state index in [0.717, 1.165) is 31.0 Å². The number of nitrogens with zero attached hydrogens (tertiary/aromatic N) is 3. The monoisotopic (exact) mass is 210 g/mol. The average Bonchev–Trinajstić information content (AvgIpc) is 2.63. The minimum Gasteiger partial charge on any atom is -0.371 e. The molecule has 0 radical (unpaired) electrons. The van der Waals surface area contributed by atoms with Gasteiger partial charge in [0.15, 0.2) is 11.6 Å². The second-order valence-corrected chi connectivity index (χ2v) is 3.93. The highest BCUT2D eigenvalue weighted by Gasteiger charge is 2.25. The van der Waals surface area contributed by atoms with Crippen LogP contribution in [0.3, 0.4) is 0 Å². The molecule has 2 unspecified atom stereocenters. The fourth-order valence-corrected chi connectivity index (χ4v) is 1.88. The summed E-state index contributed by atoms with van der Waals surface area (Å²) in [5.41, 5.74) is 5.77. The van der Waals surface area contributed by atoms with Crippen LogP contribution in [-0.2, 0) is 11.3 Å². The third-order valence-electron chi connectivity index (χ3n) is 2.62. The summed E-state index contributed by atoms with van der Waals surface area (Å²) in [6.45, 7) is 5.54. The fraction of sp³-hybridized carbons (Fsp3) is 0.800. The number of aromatic nitrogens is 3. The Morgan fingerprint density at radius 3 is 3.13 bits per heavy atom. The second-order valence-electron chi connectivity index (χ2n) is 3.93. The Hall–Kier alpha value is -0.940. The van der Waals surface area contributed by atoms with Gasteiger partial charge in [-0.2, -0.15) is 5.10 Å². The normalized spacial score (nSPS) is 22.5. The second kappa shape index (κ2) is 4.28. The molecule has 0 saturated heterocycles. The molecule has 2 atom stereocenters. The molecule has 2 rings (SSSR count). The molecule has 1 aromatic rings. The van der Waals surface area contributed by atoms with E-state index in [1.54, 1.807) is 0 Å². The molecule has 0 aromatic carbocycles. The summed E-state index contributed by atoms with van der Waals surface area (Å²) in [4.78, 5) is 4.45. The molecule has 1 aromatic heterocycles. The van der Waals surface area contributed by atoms with E-state index in [9.17, 15) is 0 Å². The summed E-state index contributed by atoms with van der Waals surface area (Å²) in [6.07, 6.45) is 2.23. The first kappa shape index (κ1) is 10.6. The molecule has 0 saturated carbocycles. The van der Waals surface area contributed by atoms with Crippen molar-refractivity contribution in [2.24, 2.45) is 5.73 Å². The van der Waals surface area contributed by atoms with Crippen LogP contribution in [0.4, 0.5) is 0 Å². The Labute approximate surface area is 89.6 Å². The molecule has 0 aliphatic carbocycles. The predicted octanol–water partition coefficient (Wildman–Crippen LogP) is 1.17. The minimum absolute atomic E-state index is 0.101. The van der Waals surface area contributed by atoms with Crippen LogP contribution < -0.4 is 5.73 Å². The number of fused-ring (bicyclic) bond motifs is 1. The molecule has 0 amide bonds. The van der Waals surface area contributed by atoms with Gasteiger partial charge in [-0.3, -0.25) is 0 Å². The standard InChI is InChI=1S/C10H18N4O/c1-3-15-8-5-4-6-14-10(8)12-9(13-14)7(2)11/h7-8H,3-6,11H2,1-2H3. The Balaban J connectivity index is 2.26. The summed E-state index contributed by atoms with van der Waals surface area (Å²) in [7, 11) is 0. The number of hydrogen-bond donors (Lipinski definition) is 1. The summed E-state index contributed by atoms with van der Waals surface area (Å²) in [6, 6.07) is -0.106. The van der Waals surface area contributed by atoms with Crippen molar-refractivity contribution in [3.05, 3.63) is 11.6 Å². The van der Waals surface area contributed by atoms with Gasteiger partial charge in [0.05, 0.1) is 6.04 Å². The van der Waals surface area contributed by atoms with E-state index in [0.29, 0.717) is 6.61 Å². The van der Waals surface area contributed by atoms with Gasteiger partial charge in [-0.1, -0.05) is 0 Å². The lowest BCUT2D eigenvalue weighted by atomic mass is 10.1. The van der Waals surface area contributed by atoms with Gasteiger partial charge in [0.1, 0.15) is 6.10 Å². The zero-order chi connectivity index (χ0) is 10.8. The van der Waals surface area contributed by atoms with Gasteiger partial charge in [-0.15, -0.1) is 0 Å². The van der Waals surface area contributed by atoms with Crippen LogP contribution >= 0.6 is 0 Å². The summed E-state index contributed by atoms with van der Waals surface area (Å²) >= 11 is 0. The highest BCUT2D eigenvalue weighted by molar-refractivity contribution is 5.02. The molecular formula is C10H18N4O. The van der Waals surface area contributed by atoms with Gasteiger partial charge in [-0.25, -0.2) is 9.67 Å². The number of rotatable bonds is 3. The topological polar surface area (TPSA) is 66.0 Å². The van der Waals surface area contributed by atoms with Crippen molar-refractivity contribution in [1.29, 1.82) is 0 Å². The SMILES string of the molecule is CCOC1CCCn2nc(C(C)N)nc21. The Morgan fingerprint density at radius 2 is 2.47 bits per heavy atom. The molecule has 0 spiro atoms. The van der Waals surface area contributed by atoms with Gasteiger partial charge in [0, 0.05) is 13.2 Å². The van der Waals surface area contributed by atoms with E-state index in [-0.39, 0.29) is 12.1 Å². The lowest BCUT2D eigenvalue weighted by molar-refractivity contribution is 0.0349. The average molecular weight is 210 g/mol. The molecule has 2 N–H and O–H groups in total. The maximum atomic E-state index is 5.77. The smallest absolute Gasteiger partial charge is 0.167 e. The predicted molar refractivity (Wildman–Crippen MR) is 56.2 cm³/mol. The van der Waals surface area contributed by atoms with Crippen molar-refractivity contribution in [2.45, 2.75) is 45.4 Å².